The van der Waals surface area contributed by atoms with Crippen molar-refractivity contribution in [3.8, 4) is 0 Å². The number of rotatable bonds is 3. The van der Waals surface area contributed by atoms with Gasteiger partial charge in [0, 0.05) is 18.6 Å². The first kappa shape index (κ1) is 14.1. The standard InChI is InChI=1S/C13H18ClN3O2/c1-13(2)9(5-10(13)19-3)17-12(18)8-4-7(15)6-16-11(8)14/h4,6,9-10H,5,15H2,1-3H3,(H,17,18). The monoisotopic (exact) mass is 283 g/mol. The number of halogens is 1. The van der Waals surface area contributed by atoms with Gasteiger partial charge in [0.15, 0.2) is 0 Å². The van der Waals surface area contributed by atoms with E-state index in [2.05, 4.69) is 24.1 Å². The van der Waals surface area contributed by atoms with E-state index in [4.69, 9.17) is 22.1 Å². The van der Waals surface area contributed by atoms with Crippen molar-refractivity contribution in [1.82, 2.24) is 10.3 Å². The van der Waals surface area contributed by atoms with Crippen LogP contribution in [-0.4, -0.2) is 30.1 Å². The molecular formula is C13H18ClN3O2. The fourth-order valence-corrected chi connectivity index (χ4v) is 2.58. The fourth-order valence-electron chi connectivity index (χ4n) is 2.39. The highest BCUT2D eigenvalue weighted by Crippen LogP contribution is 2.42. The zero-order chi connectivity index (χ0) is 14.2. The van der Waals surface area contributed by atoms with Crippen LogP contribution in [-0.2, 0) is 4.74 Å². The van der Waals surface area contributed by atoms with E-state index < -0.39 is 0 Å². The fraction of sp³-hybridized carbons (Fsp3) is 0.538. The van der Waals surface area contributed by atoms with E-state index in [0.29, 0.717) is 11.3 Å². The minimum atomic E-state index is -0.252. The van der Waals surface area contributed by atoms with Gasteiger partial charge in [0.1, 0.15) is 5.15 Å². The van der Waals surface area contributed by atoms with E-state index in [1.165, 1.54) is 12.3 Å². The Morgan fingerprint density at radius 2 is 2.32 bits per heavy atom. The van der Waals surface area contributed by atoms with Crippen molar-refractivity contribution >= 4 is 23.2 Å². The Labute approximate surface area is 117 Å². The Balaban J connectivity index is 2.09. The molecule has 0 saturated heterocycles. The van der Waals surface area contributed by atoms with E-state index in [1.807, 2.05) is 0 Å². The molecule has 104 valence electrons. The first-order valence-corrected chi connectivity index (χ1v) is 6.48. The summed E-state index contributed by atoms with van der Waals surface area (Å²) in [6, 6.07) is 1.59. The van der Waals surface area contributed by atoms with E-state index in [-0.39, 0.29) is 28.6 Å². The summed E-state index contributed by atoms with van der Waals surface area (Å²) in [5, 5.41) is 3.12. The van der Waals surface area contributed by atoms with Crippen LogP contribution in [0.15, 0.2) is 12.3 Å². The summed E-state index contributed by atoms with van der Waals surface area (Å²) in [6.45, 7) is 4.13. The average Bonchev–Trinajstić information content (AvgIpc) is 2.36. The summed E-state index contributed by atoms with van der Waals surface area (Å²) in [5.74, 6) is -0.252. The maximum atomic E-state index is 12.2. The van der Waals surface area contributed by atoms with Gasteiger partial charge in [-0.2, -0.15) is 0 Å². The number of anilines is 1. The SMILES string of the molecule is COC1CC(NC(=O)c2cc(N)cnc2Cl)C1(C)C. The molecule has 1 aromatic rings. The molecule has 1 heterocycles. The van der Waals surface area contributed by atoms with Crippen molar-refractivity contribution in [1.29, 1.82) is 0 Å². The van der Waals surface area contributed by atoms with Gasteiger partial charge in [-0.25, -0.2) is 4.98 Å². The molecule has 0 aromatic carbocycles. The van der Waals surface area contributed by atoms with Crippen molar-refractivity contribution in [3.63, 3.8) is 0 Å². The van der Waals surface area contributed by atoms with Gasteiger partial charge < -0.3 is 15.8 Å². The number of nitrogens with one attached hydrogen (secondary N) is 1. The number of amides is 1. The van der Waals surface area contributed by atoms with E-state index in [0.717, 1.165) is 6.42 Å². The van der Waals surface area contributed by atoms with Gasteiger partial charge >= 0.3 is 0 Å². The number of hydrogen-bond acceptors (Lipinski definition) is 4. The number of methoxy groups -OCH3 is 1. The third-order valence-corrected chi connectivity index (χ3v) is 4.17. The minimum absolute atomic E-state index is 0.0578. The molecule has 0 radical (unpaired) electrons. The van der Waals surface area contributed by atoms with Crippen LogP contribution in [0.1, 0.15) is 30.6 Å². The molecule has 1 aliphatic carbocycles. The zero-order valence-electron chi connectivity index (χ0n) is 11.2. The van der Waals surface area contributed by atoms with Crippen LogP contribution in [0, 0.1) is 5.41 Å². The van der Waals surface area contributed by atoms with Crippen molar-refractivity contribution in [3.05, 3.63) is 23.0 Å². The summed E-state index contributed by atoms with van der Waals surface area (Å²) >= 11 is 5.91. The van der Waals surface area contributed by atoms with Gasteiger partial charge in [-0.05, 0) is 12.5 Å². The van der Waals surface area contributed by atoms with E-state index in [9.17, 15) is 4.79 Å². The first-order valence-electron chi connectivity index (χ1n) is 6.11. The van der Waals surface area contributed by atoms with Crippen LogP contribution >= 0.6 is 11.6 Å². The first-order chi connectivity index (χ1) is 8.86. The molecule has 2 atom stereocenters. The number of carbonyl (C=O) groups is 1. The van der Waals surface area contributed by atoms with Crippen LogP contribution in [0.2, 0.25) is 5.15 Å². The van der Waals surface area contributed by atoms with Crippen LogP contribution in [0.3, 0.4) is 0 Å². The maximum absolute atomic E-state index is 12.2. The van der Waals surface area contributed by atoms with Crippen molar-refractivity contribution in [2.75, 3.05) is 12.8 Å². The number of hydrogen-bond donors (Lipinski definition) is 2. The second-order valence-electron chi connectivity index (χ2n) is 5.41. The number of ether oxygens (including phenoxy) is 1. The predicted octanol–water partition coefficient (Wildman–Crippen LogP) is 1.86. The Morgan fingerprint density at radius 3 is 2.89 bits per heavy atom. The molecule has 0 bridgehead atoms. The highest BCUT2D eigenvalue weighted by molar-refractivity contribution is 6.32. The normalized spacial score (nSPS) is 24.6. The summed E-state index contributed by atoms with van der Waals surface area (Å²) in [4.78, 5) is 16.0. The largest absolute Gasteiger partial charge is 0.397 e. The third-order valence-electron chi connectivity index (χ3n) is 3.87. The van der Waals surface area contributed by atoms with Crippen molar-refractivity contribution in [2.45, 2.75) is 32.4 Å². The summed E-state index contributed by atoms with van der Waals surface area (Å²) < 4.78 is 5.35. The summed E-state index contributed by atoms with van der Waals surface area (Å²) in [6.07, 6.45) is 2.38. The van der Waals surface area contributed by atoms with E-state index >= 15 is 0 Å². The number of nitrogens with two attached hydrogens (primary N) is 1. The Morgan fingerprint density at radius 1 is 1.63 bits per heavy atom. The second kappa shape index (κ2) is 4.98. The minimum Gasteiger partial charge on any atom is -0.397 e. The lowest BCUT2D eigenvalue weighted by Gasteiger charge is -2.51. The highest BCUT2D eigenvalue weighted by Gasteiger charge is 2.49. The lowest BCUT2D eigenvalue weighted by atomic mass is 9.64. The zero-order valence-corrected chi connectivity index (χ0v) is 12.0. The average molecular weight is 284 g/mol. The molecule has 19 heavy (non-hydrogen) atoms. The Bertz CT molecular complexity index is 505. The second-order valence-corrected chi connectivity index (χ2v) is 5.77. The molecule has 6 heteroatoms. The molecule has 1 saturated carbocycles. The number of pyridine rings is 1. The van der Waals surface area contributed by atoms with Crippen molar-refractivity contribution in [2.24, 2.45) is 5.41 Å². The quantitative estimate of drug-likeness (QED) is 0.830. The molecule has 2 rings (SSSR count). The van der Waals surface area contributed by atoms with Gasteiger partial charge in [0.25, 0.3) is 5.91 Å². The van der Waals surface area contributed by atoms with Crippen LogP contribution in [0.5, 0.6) is 0 Å². The maximum Gasteiger partial charge on any atom is 0.254 e. The molecular weight excluding hydrogens is 266 g/mol. The third kappa shape index (κ3) is 2.53. The van der Waals surface area contributed by atoms with Crippen LogP contribution in [0.4, 0.5) is 5.69 Å². The van der Waals surface area contributed by atoms with Gasteiger partial charge in [-0.15, -0.1) is 0 Å². The van der Waals surface area contributed by atoms with Gasteiger partial charge in [-0.1, -0.05) is 25.4 Å². The van der Waals surface area contributed by atoms with Crippen LogP contribution < -0.4 is 11.1 Å². The molecule has 1 aromatic heterocycles. The molecule has 1 aliphatic rings. The number of carbonyl (C=O) groups excluding carboxylic acids is 1. The number of aromatic nitrogens is 1. The molecule has 0 spiro atoms. The van der Waals surface area contributed by atoms with Gasteiger partial charge in [-0.3, -0.25) is 4.79 Å². The van der Waals surface area contributed by atoms with E-state index in [1.54, 1.807) is 7.11 Å². The van der Waals surface area contributed by atoms with Crippen LogP contribution in [0.25, 0.3) is 0 Å². The highest BCUT2D eigenvalue weighted by atomic mass is 35.5. The topological polar surface area (TPSA) is 77.2 Å². The number of nitrogen functional groups attached to an aromatic ring is 1. The molecule has 1 fully saturated rings. The lowest BCUT2D eigenvalue weighted by molar-refractivity contribution is -0.0942. The van der Waals surface area contributed by atoms with Crippen molar-refractivity contribution < 1.29 is 9.53 Å². The van der Waals surface area contributed by atoms with Gasteiger partial charge in [0.05, 0.1) is 23.6 Å². The summed E-state index contributed by atoms with van der Waals surface area (Å²) in [7, 11) is 1.68. The molecule has 3 N–H and O–H groups in total. The number of nitrogens with zero attached hydrogens (tertiary/aromatic N) is 1. The van der Waals surface area contributed by atoms with Gasteiger partial charge in [0.2, 0.25) is 0 Å². The molecule has 5 nitrogen and oxygen atoms in total. The molecule has 1 amide bonds. The summed E-state index contributed by atoms with van der Waals surface area (Å²) in [5.41, 5.74) is 6.24. The Kier molecular flexibility index (Phi) is 3.69. The molecule has 0 aliphatic heterocycles. The predicted molar refractivity (Wildman–Crippen MR) is 74.1 cm³/mol. The Hall–Kier alpha value is -1.33. The molecule has 2 unspecified atom stereocenters. The lowest BCUT2D eigenvalue weighted by Crippen LogP contribution is -2.61. The smallest absolute Gasteiger partial charge is 0.254 e.